The molecule has 0 aliphatic rings. The number of hydrogen-bond acceptors (Lipinski definition) is 4. The molecule has 0 saturated heterocycles. The Labute approximate surface area is 135 Å². The Kier molecular flexibility index (Phi) is 6.22. The summed E-state index contributed by atoms with van der Waals surface area (Å²) in [4.78, 5) is 22.0. The third-order valence-electron chi connectivity index (χ3n) is 3.30. The van der Waals surface area contributed by atoms with Gasteiger partial charge in [0.25, 0.3) is 0 Å². The van der Waals surface area contributed by atoms with E-state index >= 15 is 0 Å². The molecule has 4 nitrogen and oxygen atoms in total. The molecule has 0 atom stereocenters. The number of terminal acetylenes is 1. The molecule has 0 bridgehead atoms. The second-order valence-corrected chi connectivity index (χ2v) is 4.84. The standard InChI is InChI=1S/C19H18O4/c1-3-4-7-16-8-5-6-9-18(16)19(20)23-22-14-15-10-12-17(21-2)13-11-15/h1,5-6,8-13H,4,7,14H2,2H3. The van der Waals surface area contributed by atoms with Crippen LogP contribution in [-0.4, -0.2) is 13.1 Å². The molecule has 0 fully saturated rings. The molecule has 0 saturated carbocycles. The fourth-order valence-electron chi connectivity index (χ4n) is 2.06. The van der Waals surface area contributed by atoms with Crippen LogP contribution < -0.4 is 4.74 Å². The molecule has 0 N–H and O–H groups in total. The Balaban J connectivity index is 1.90. The summed E-state index contributed by atoms with van der Waals surface area (Å²) in [6, 6.07) is 14.5. The van der Waals surface area contributed by atoms with Gasteiger partial charge >= 0.3 is 5.97 Å². The summed E-state index contributed by atoms with van der Waals surface area (Å²) in [7, 11) is 1.60. The van der Waals surface area contributed by atoms with Gasteiger partial charge in [-0.1, -0.05) is 30.3 Å². The van der Waals surface area contributed by atoms with Gasteiger partial charge < -0.3 is 4.74 Å². The Bertz CT molecular complexity index is 683. The van der Waals surface area contributed by atoms with E-state index in [1.165, 1.54) is 0 Å². The lowest BCUT2D eigenvalue weighted by atomic mass is 10.0. The summed E-state index contributed by atoms with van der Waals surface area (Å²) in [5, 5.41) is 0. The van der Waals surface area contributed by atoms with Gasteiger partial charge in [0, 0.05) is 6.42 Å². The average Bonchev–Trinajstić information content (AvgIpc) is 2.60. The van der Waals surface area contributed by atoms with Crippen molar-refractivity contribution in [3.05, 3.63) is 65.2 Å². The van der Waals surface area contributed by atoms with Crippen molar-refractivity contribution in [3.8, 4) is 18.1 Å². The first-order chi connectivity index (χ1) is 11.2. The van der Waals surface area contributed by atoms with E-state index in [1.807, 2.05) is 36.4 Å². The predicted molar refractivity (Wildman–Crippen MR) is 86.8 cm³/mol. The van der Waals surface area contributed by atoms with Gasteiger partial charge in [-0.15, -0.1) is 12.3 Å². The molecule has 0 radical (unpaired) electrons. The Hall–Kier alpha value is -2.77. The quantitative estimate of drug-likeness (QED) is 0.446. The highest BCUT2D eigenvalue weighted by Crippen LogP contribution is 2.14. The van der Waals surface area contributed by atoms with Crippen LogP contribution in [0.25, 0.3) is 0 Å². The zero-order valence-corrected chi connectivity index (χ0v) is 13.0. The van der Waals surface area contributed by atoms with Gasteiger partial charge in [-0.2, -0.15) is 4.89 Å². The number of hydrogen-bond donors (Lipinski definition) is 0. The molecule has 0 unspecified atom stereocenters. The smallest absolute Gasteiger partial charge is 0.373 e. The van der Waals surface area contributed by atoms with Crippen LogP contribution in [0.4, 0.5) is 0 Å². The lowest BCUT2D eigenvalue weighted by Gasteiger charge is -2.08. The molecule has 2 rings (SSSR count). The minimum absolute atomic E-state index is 0.169. The van der Waals surface area contributed by atoms with Crippen molar-refractivity contribution in [3.63, 3.8) is 0 Å². The van der Waals surface area contributed by atoms with Crippen molar-refractivity contribution >= 4 is 5.97 Å². The Morgan fingerprint density at radius 3 is 2.57 bits per heavy atom. The van der Waals surface area contributed by atoms with E-state index in [2.05, 4.69) is 5.92 Å². The molecular weight excluding hydrogens is 292 g/mol. The number of carbonyl (C=O) groups excluding carboxylic acids is 1. The molecule has 2 aromatic rings. The number of rotatable bonds is 7. The molecule has 0 spiro atoms. The van der Waals surface area contributed by atoms with Gasteiger partial charge in [0.1, 0.15) is 12.4 Å². The first-order valence-corrected chi connectivity index (χ1v) is 7.22. The monoisotopic (exact) mass is 310 g/mol. The Morgan fingerprint density at radius 1 is 1.13 bits per heavy atom. The molecule has 4 heteroatoms. The van der Waals surface area contributed by atoms with Crippen LogP contribution in [0.2, 0.25) is 0 Å². The first-order valence-electron chi connectivity index (χ1n) is 7.22. The van der Waals surface area contributed by atoms with E-state index in [9.17, 15) is 4.79 Å². The summed E-state index contributed by atoms with van der Waals surface area (Å²) < 4.78 is 5.07. The molecular formula is C19H18O4. The number of methoxy groups -OCH3 is 1. The van der Waals surface area contributed by atoms with Crippen molar-refractivity contribution in [2.45, 2.75) is 19.4 Å². The van der Waals surface area contributed by atoms with E-state index in [0.717, 1.165) is 16.9 Å². The van der Waals surface area contributed by atoms with Crippen molar-refractivity contribution in [1.82, 2.24) is 0 Å². The van der Waals surface area contributed by atoms with Crippen LogP contribution in [0.5, 0.6) is 5.75 Å². The highest BCUT2D eigenvalue weighted by molar-refractivity contribution is 5.90. The summed E-state index contributed by atoms with van der Waals surface area (Å²) in [5.41, 5.74) is 2.19. The maximum Gasteiger partial charge on any atom is 0.373 e. The van der Waals surface area contributed by atoms with Crippen molar-refractivity contribution in [2.75, 3.05) is 7.11 Å². The van der Waals surface area contributed by atoms with Crippen LogP contribution in [0, 0.1) is 12.3 Å². The molecule has 0 aliphatic carbocycles. The van der Waals surface area contributed by atoms with Crippen molar-refractivity contribution in [2.24, 2.45) is 0 Å². The average molecular weight is 310 g/mol. The number of carbonyl (C=O) groups is 1. The van der Waals surface area contributed by atoms with Crippen LogP contribution in [0.3, 0.4) is 0 Å². The zero-order chi connectivity index (χ0) is 16.5. The van der Waals surface area contributed by atoms with E-state index in [0.29, 0.717) is 18.4 Å². The Morgan fingerprint density at radius 2 is 1.87 bits per heavy atom. The van der Waals surface area contributed by atoms with E-state index < -0.39 is 5.97 Å². The second-order valence-electron chi connectivity index (χ2n) is 4.84. The van der Waals surface area contributed by atoms with Crippen LogP contribution in [0.1, 0.15) is 27.9 Å². The minimum atomic E-state index is -0.522. The number of ether oxygens (including phenoxy) is 1. The number of benzene rings is 2. The normalized spacial score (nSPS) is 9.91. The van der Waals surface area contributed by atoms with Gasteiger partial charge in [0.05, 0.1) is 12.7 Å². The molecule has 0 aromatic heterocycles. The number of aryl methyl sites for hydroxylation is 1. The highest BCUT2D eigenvalue weighted by atomic mass is 17.2. The maximum absolute atomic E-state index is 12.1. The van der Waals surface area contributed by atoms with Gasteiger partial charge in [0.15, 0.2) is 0 Å². The second kappa shape index (κ2) is 8.62. The molecule has 0 amide bonds. The predicted octanol–water partition coefficient (Wildman–Crippen LogP) is 3.55. The van der Waals surface area contributed by atoms with E-state index in [1.54, 1.807) is 19.2 Å². The SMILES string of the molecule is C#CCCc1ccccc1C(=O)OOCc1ccc(OC)cc1. The summed E-state index contributed by atoms with van der Waals surface area (Å²) >= 11 is 0. The maximum atomic E-state index is 12.1. The topological polar surface area (TPSA) is 44.8 Å². The fourth-order valence-corrected chi connectivity index (χ4v) is 2.06. The molecule has 23 heavy (non-hydrogen) atoms. The fraction of sp³-hybridized carbons (Fsp3) is 0.211. The minimum Gasteiger partial charge on any atom is -0.497 e. The lowest BCUT2D eigenvalue weighted by Crippen LogP contribution is -2.09. The van der Waals surface area contributed by atoms with Crippen LogP contribution in [-0.2, 0) is 22.8 Å². The lowest BCUT2D eigenvalue weighted by molar-refractivity contribution is -0.250. The zero-order valence-electron chi connectivity index (χ0n) is 13.0. The third-order valence-corrected chi connectivity index (χ3v) is 3.30. The van der Waals surface area contributed by atoms with Gasteiger partial charge in [-0.25, -0.2) is 4.79 Å². The largest absolute Gasteiger partial charge is 0.497 e. The van der Waals surface area contributed by atoms with Crippen molar-refractivity contribution < 1.29 is 19.3 Å². The molecule has 2 aromatic carbocycles. The summed E-state index contributed by atoms with van der Waals surface area (Å²) in [6.45, 7) is 0.169. The van der Waals surface area contributed by atoms with E-state index in [-0.39, 0.29) is 6.61 Å². The molecule has 0 heterocycles. The molecule has 118 valence electrons. The molecule has 0 aliphatic heterocycles. The van der Waals surface area contributed by atoms with E-state index in [4.69, 9.17) is 20.9 Å². The highest BCUT2D eigenvalue weighted by Gasteiger charge is 2.13. The third kappa shape index (κ3) is 4.87. The van der Waals surface area contributed by atoms with Crippen LogP contribution >= 0.6 is 0 Å². The summed E-state index contributed by atoms with van der Waals surface area (Å²) in [6.07, 6.45) is 6.46. The van der Waals surface area contributed by atoms with Crippen molar-refractivity contribution in [1.29, 1.82) is 0 Å². The van der Waals surface area contributed by atoms with Crippen LogP contribution in [0.15, 0.2) is 48.5 Å². The van der Waals surface area contributed by atoms with Gasteiger partial charge in [-0.05, 0) is 35.7 Å². The first kappa shape index (κ1) is 16.6. The van der Waals surface area contributed by atoms with Gasteiger partial charge in [0.2, 0.25) is 0 Å². The summed E-state index contributed by atoms with van der Waals surface area (Å²) in [5.74, 6) is 2.80. The van der Waals surface area contributed by atoms with Gasteiger partial charge in [-0.3, -0.25) is 4.89 Å².